The lowest BCUT2D eigenvalue weighted by Gasteiger charge is -2.12. The molecule has 22 heavy (non-hydrogen) atoms. The van der Waals surface area contributed by atoms with Gasteiger partial charge >= 0.3 is 0 Å². The smallest absolute Gasteiger partial charge is 0.196 e. The Hall–Kier alpha value is -2.00. The van der Waals surface area contributed by atoms with Crippen molar-refractivity contribution >= 4 is 17.4 Å². The molecule has 0 unspecified atom stereocenters. The average Bonchev–Trinajstić information content (AvgIpc) is 3.09. The van der Waals surface area contributed by atoms with E-state index in [4.69, 9.17) is 11.6 Å². The highest BCUT2D eigenvalue weighted by Gasteiger charge is 2.23. The number of nitriles is 1. The van der Waals surface area contributed by atoms with Crippen LogP contribution in [0.15, 0.2) is 6.20 Å². The van der Waals surface area contributed by atoms with E-state index < -0.39 is 0 Å². The molecule has 3 heterocycles. The molecule has 0 radical (unpaired) electrons. The number of aryl methyl sites for hydroxylation is 1. The van der Waals surface area contributed by atoms with Gasteiger partial charge in [0.2, 0.25) is 0 Å². The third-order valence-electron chi connectivity index (χ3n) is 3.92. The van der Waals surface area contributed by atoms with E-state index in [2.05, 4.69) is 28.5 Å². The van der Waals surface area contributed by atoms with E-state index in [0.29, 0.717) is 22.2 Å². The average molecular weight is 319 g/mol. The van der Waals surface area contributed by atoms with Gasteiger partial charge in [-0.05, 0) is 25.7 Å². The number of aromatic nitrogens is 4. The molecule has 0 aliphatic carbocycles. The Bertz CT molecular complexity index is 708. The summed E-state index contributed by atoms with van der Waals surface area (Å²) in [5.41, 5.74) is 1.58. The lowest BCUT2D eigenvalue weighted by molar-refractivity contribution is 0.484. The molecular weight excluding hydrogens is 300 g/mol. The first-order chi connectivity index (χ1) is 10.8. The molecule has 0 saturated carbocycles. The Morgan fingerprint density at radius 2 is 2.32 bits per heavy atom. The number of unbranched alkanes of at least 4 members (excludes halogenated alkanes) is 1. The van der Waals surface area contributed by atoms with Gasteiger partial charge in [-0.1, -0.05) is 24.9 Å². The molecule has 1 aliphatic rings. The molecule has 6 nitrogen and oxygen atoms in total. The first kappa shape index (κ1) is 14.9. The third kappa shape index (κ3) is 2.57. The second-order valence-corrected chi connectivity index (χ2v) is 5.85. The summed E-state index contributed by atoms with van der Waals surface area (Å²) in [5.74, 6) is 1.28. The van der Waals surface area contributed by atoms with Crippen LogP contribution in [0.25, 0.3) is 5.82 Å². The van der Waals surface area contributed by atoms with Crippen molar-refractivity contribution in [2.75, 3.05) is 11.9 Å². The van der Waals surface area contributed by atoms with Gasteiger partial charge in [0.25, 0.3) is 0 Å². The van der Waals surface area contributed by atoms with Gasteiger partial charge in [-0.15, -0.1) is 0 Å². The number of hydrogen-bond donors (Lipinski definition) is 1. The minimum atomic E-state index is 0.512. The maximum Gasteiger partial charge on any atom is 0.196 e. The molecule has 0 bridgehead atoms. The van der Waals surface area contributed by atoms with E-state index in [1.165, 1.54) is 0 Å². The Labute approximate surface area is 134 Å². The van der Waals surface area contributed by atoms with Crippen LogP contribution in [0, 0.1) is 11.3 Å². The molecular formula is C15H19ClN6. The van der Waals surface area contributed by atoms with Crippen molar-refractivity contribution in [3.63, 3.8) is 0 Å². The largest absolute Gasteiger partial charge is 0.369 e. The lowest BCUT2D eigenvalue weighted by Crippen LogP contribution is -2.12. The van der Waals surface area contributed by atoms with Gasteiger partial charge in [0.1, 0.15) is 22.5 Å². The van der Waals surface area contributed by atoms with Crippen molar-refractivity contribution in [3.05, 3.63) is 22.5 Å². The van der Waals surface area contributed by atoms with Crippen LogP contribution in [-0.2, 0) is 13.0 Å². The molecule has 1 aliphatic heterocycles. The zero-order chi connectivity index (χ0) is 15.5. The molecule has 0 fully saturated rings. The molecule has 3 rings (SSSR count). The topological polar surface area (TPSA) is 71.5 Å². The highest BCUT2D eigenvalue weighted by atomic mass is 35.5. The molecule has 1 N–H and O–H groups in total. The fourth-order valence-electron chi connectivity index (χ4n) is 2.72. The van der Waals surface area contributed by atoms with Crippen LogP contribution in [-0.4, -0.2) is 26.1 Å². The van der Waals surface area contributed by atoms with E-state index in [9.17, 15) is 5.26 Å². The van der Waals surface area contributed by atoms with Crippen molar-refractivity contribution in [3.8, 4) is 11.9 Å². The summed E-state index contributed by atoms with van der Waals surface area (Å²) in [5, 5.41) is 22.1. The summed E-state index contributed by atoms with van der Waals surface area (Å²) in [6, 6.07) is 2.17. The normalized spacial score (nSPS) is 13.7. The molecule has 2 aromatic rings. The van der Waals surface area contributed by atoms with Gasteiger partial charge in [0, 0.05) is 13.1 Å². The molecule has 0 atom stereocenters. The van der Waals surface area contributed by atoms with Gasteiger partial charge in [-0.3, -0.25) is 4.68 Å². The number of hydrogen-bond acceptors (Lipinski definition) is 4. The van der Waals surface area contributed by atoms with Gasteiger partial charge in [0.15, 0.2) is 5.82 Å². The predicted molar refractivity (Wildman–Crippen MR) is 85.4 cm³/mol. The van der Waals surface area contributed by atoms with Gasteiger partial charge in [-0.25, -0.2) is 0 Å². The summed E-state index contributed by atoms with van der Waals surface area (Å²) in [6.45, 7) is 3.81. The number of nitrogens with zero attached hydrogens (tertiary/aromatic N) is 5. The van der Waals surface area contributed by atoms with Crippen molar-refractivity contribution < 1.29 is 0 Å². The highest BCUT2D eigenvalue weighted by molar-refractivity contribution is 6.32. The summed E-state index contributed by atoms with van der Waals surface area (Å²) < 4.78 is 3.62. The SMILES string of the molecule is CCCCNc1c(C#N)cnn1-c1nn2c(c1Cl)CCCC2. The van der Waals surface area contributed by atoms with Crippen molar-refractivity contribution in [2.45, 2.75) is 45.6 Å². The first-order valence-electron chi connectivity index (χ1n) is 7.73. The number of nitrogens with one attached hydrogen (secondary N) is 1. The van der Waals surface area contributed by atoms with Crippen molar-refractivity contribution in [1.29, 1.82) is 5.26 Å². The van der Waals surface area contributed by atoms with Gasteiger partial charge < -0.3 is 5.32 Å². The fourth-order valence-corrected chi connectivity index (χ4v) is 3.03. The Balaban J connectivity index is 2.00. The van der Waals surface area contributed by atoms with E-state index in [0.717, 1.165) is 50.9 Å². The van der Waals surface area contributed by atoms with Crippen LogP contribution in [0.2, 0.25) is 5.02 Å². The van der Waals surface area contributed by atoms with Crippen LogP contribution in [0.5, 0.6) is 0 Å². The zero-order valence-corrected chi connectivity index (χ0v) is 13.4. The van der Waals surface area contributed by atoms with Crippen molar-refractivity contribution in [2.24, 2.45) is 0 Å². The van der Waals surface area contributed by atoms with E-state index in [1.807, 2.05) is 4.68 Å². The monoisotopic (exact) mass is 318 g/mol. The van der Waals surface area contributed by atoms with Crippen LogP contribution in [0.4, 0.5) is 5.82 Å². The predicted octanol–water partition coefficient (Wildman–Crippen LogP) is 3.14. The summed E-state index contributed by atoms with van der Waals surface area (Å²) in [6.07, 6.45) is 6.87. The van der Waals surface area contributed by atoms with Crippen LogP contribution in [0.3, 0.4) is 0 Å². The van der Waals surface area contributed by atoms with Gasteiger partial charge in [0.05, 0.1) is 11.9 Å². The Morgan fingerprint density at radius 1 is 1.45 bits per heavy atom. The highest BCUT2D eigenvalue weighted by Crippen LogP contribution is 2.30. The molecule has 0 amide bonds. The van der Waals surface area contributed by atoms with Crippen LogP contribution in [0.1, 0.15) is 43.9 Å². The van der Waals surface area contributed by atoms with Crippen LogP contribution < -0.4 is 5.32 Å². The second-order valence-electron chi connectivity index (χ2n) is 5.48. The third-order valence-corrected chi connectivity index (χ3v) is 4.31. The molecule has 0 saturated heterocycles. The number of halogens is 1. The van der Waals surface area contributed by atoms with Crippen LogP contribution >= 0.6 is 11.6 Å². The first-order valence-corrected chi connectivity index (χ1v) is 8.11. The Kier molecular flexibility index (Phi) is 4.34. The number of rotatable bonds is 5. The molecule has 2 aromatic heterocycles. The fraction of sp³-hybridized carbons (Fsp3) is 0.533. The van der Waals surface area contributed by atoms with Crippen molar-refractivity contribution in [1.82, 2.24) is 19.6 Å². The van der Waals surface area contributed by atoms with Gasteiger partial charge in [-0.2, -0.15) is 20.1 Å². The Morgan fingerprint density at radius 3 is 3.05 bits per heavy atom. The minimum Gasteiger partial charge on any atom is -0.369 e. The molecule has 0 aromatic carbocycles. The summed E-state index contributed by atoms with van der Waals surface area (Å²) in [4.78, 5) is 0. The summed E-state index contributed by atoms with van der Waals surface area (Å²) in [7, 11) is 0. The standard InChI is InChI=1S/C15H19ClN6/c1-2-3-7-18-14-11(9-17)10-19-22(14)15-13(16)12-6-4-5-8-21(12)20-15/h10,18H,2-8H2,1H3. The second kappa shape index (κ2) is 6.41. The summed E-state index contributed by atoms with van der Waals surface area (Å²) >= 11 is 6.51. The molecule has 116 valence electrons. The zero-order valence-electron chi connectivity index (χ0n) is 12.6. The van der Waals surface area contributed by atoms with E-state index in [1.54, 1.807) is 10.9 Å². The number of anilines is 1. The quantitative estimate of drug-likeness (QED) is 0.860. The minimum absolute atomic E-state index is 0.512. The maximum absolute atomic E-state index is 9.26. The van der Waals surface area contributed by atoms with E-state index >= 15 is 0 Å². The maximum atomic E-state index is 9.26. The number of fused-ring (bicyclic) bond motifs is 1. The molecule has 0 spiro atoms. The molecule has 7 heteroatoms. The lowest BCUT2D eigenvalue weighted by atomic mass is 10.1. The van der Waals surface area contributed by atoms with E-state index in [-0.39, 0.29) is 0 Å².